The molecule has 0 aliphatic heterocycles. The van der Waals surface area contributed by atoms with Gasteiger partial charge in [0.15, 0.2) is 11.2 Å². The molecule has 8 nitrogen and oxygen atoms in total. The molecule has 2 heterocycles. The Morgan fingerprint density at radius 1 is 1.71 bits per heavy atom. The van der Waals surface area contributed by atoms with Crippen LogP contribution in [-0.2, 0) is 11.5 Å². The monoisotopic (exact) mass is 239 g/mol. The van der Waals surface area contributed by atoms with E-state index in [4.69, 9.17) is 15.6 Å². The SMILES string of the molecule is CC(CO)OCn1cnc2c(=O)[nH]c(N)nc21. The Morgan fingerprint density at radius 2 is 2.47 bits per heavy atom. The van der Waals surface area contributed by atoms with Crippen LogP contribution in [-0.4, -0.2) is 37.3 Å². The molecule has 0 aliphatic rings. The molecule has 92 valence electrons. The minimum atomic E-state index is -0.388. The number of fused-ring (bicyclic) bond motifs is 1. The zero-order chi connectivity index (χ0) is 12.4. The number of aliphatic hydroxyl groups excluding tert-OH is 1. The van der Waals surface area contributed by atoms with Crippen molar-refractivity contribution in [2.75, 3.05) is 12.3 Å². The molecule has 17 heavy (non-hydrogen) atoms. The van der Waals surface area contributed by atoms with E-state index < -0.39 is 0 Å². The average Bonchev–Trinajstić information content (AvgIpc) is 2.69. The van der Waals surface area contributed by atoms with Crippen LogP contribution in [0.3, 0.4) is 0 Å². The summed E-state index contributed by atoms with van der Waals surface area (Å²) < 4.78 is 6.85. The highest BCUT2D eigenvalue weighted by Gasteiger charge is 2.09. The second-order valence-corrected chi connectivity index (χ2v) is 3.63. The van der Waals surface area contributed by atoms with Gasteiger partial charge in [-0.1, -0.05) is 0 Å². The van der Waals surface area contributed by atoms with Crippen molar-refractivity contribution in [3.8, 4) is 0 Å². The molecule has 0 aliphatic carbocycles. The number of anilines is 1. The fourth-order valence-electron chi connectivity index (χ4n) is 1.33. The van der Waals surface area contributed by atoms with Crippen LogP contribution < -0.4 is 11.3 Å². The van der Waals surface area contributed by atoms with E-state index in [1.54, 1.807) is 11.5 Å². The number of nitrogens with one attached hydrogen (secondary N) is 1. The van der Waals surface area contributed by atoms with Gasteiger partial charge in [-0.15, -0.1) is 0 Å². The molecule has 0 amide bonds. The van der Waals surface area contributed by atoms with Crippen LogP contribution in [0.25, 0.3) is 11.2 Å². The van der Waals surface area contributed by atoms with Crippen LogP contribution in [0, 0.1) is 0 Å². The maximum Gasteiger partial charge on any atom is 0.280 e. The quantitative estimate of drug-likeness (QED) is 0.633. The highest BCUT2D eigenvalue weighted by molar-refractivity contribution is 5.70. The molecule has 2 rings (SSSR count). The Labute approximate surface area is 96.1 Å². The number of ether oxygens (including phenoxy) is 1. The number of nitrogens with two attached hydrogens (primary N) is 1. The fraction of sp³-hybridized carbons (Fsp3) is 0.444. The van der Waals surface area contributed by atoms with Crippen molar-refractivity contribution in [3.05, 3.63) is 16.7 Å². The second kappa shape index (κ2) is 4.52. The molecule has 2 aromatic heterocycles. The number of nitrogens with zero attached hydrogens (tertiary/aromatic N) is 3. The first-order chi connectivity index (χ1) is 8.11. The summed E-state index contributed by atoms with van der Waals surface area (Å²) in [6.07, 6.45) is 1.14. The van der Waals surface area contributed by atoms with E-state index in [2.05, 4.69) is 15.0 Å². The average molecular weight is 239 g/mol. The summed E-state index contributed by atoms with van der Waals surface area (Å²) in [4.78, 5) is 21.7. The standard InChI is InChI=1S/C9H13N5O3/c1-5(2-15)17-4-14-3-11-6-7(14)12-9(10)13-8(6)16/h3,5,15H,2,4H2,1H3,(H3,10,12,13,16). The van der Waals surface area contributed by atoms with Gasteiger partial charge >= 0.3 is 0 Å². The third-order valence-electron chi connectivity index (χ3n) is 2.25. The summed E-state index contributed by atoms with van der Waals surface area (Å²) in [5.41, 5.74) is 5.62. The first-order valence-corrected chi connectivity index (χ1v) is 5.05. The van der Waals surface area contributed by atoms with Gasteiger partial charge in [0.2, 0.25) is 5.95 Å². The van der Waals surface area contributed by atoms with Crippen LogP contribution in [0.4, 0.5) is 5.95 Å². The molecule has 0 bridgehead atoms. The number of hydrogen-bond donors (Lipinski definition) is 3. The van der Waals surface area contributed by atoms with E-state index in [0.717, 1.165) is 0 Å². The smallest absolute Gasteiger partial charge is 0.280 e. The number of aromatic amines is 1. The summed E-state index contributed by atoms with van der Waals surface area (Å²) in [6.45, 7) is 1.80. The third-order valence-corrected chi connectivity index (χ3v) is 2.25. The van der Waals surface area contributed by atoms with Crippen LogP contribution >= 0.6 is 0 Å². The zero-order valence-electron chi connectivity index (χ0n) is 9.25. The number of aliphatic hydroxyl groups is 1. The molecule has 4 N–H and O–H groups in total. The minimum absolute atomic E-state index is 0.0273. The lowest BCUT2D eigenvalue weighted by atomic mass is 10.4. The van der Waals surface area contributed by atoms with E-state index in [1.165, 1.54) is 6.33 Å². The van der Waals surface area contributed by atoms with Crippen molar-refractivity contribution < 1.29 is 9.84 Å². The molecule has 0 fully saturated rings. The van der Waals surface area contributed by atoms with Crippen molar-refractivity contribution >= 4 is 17.1 Å². The Morgan fingerprint density at radius 3 is 3.18 bits per heavy atom. The second-order valence-electron chi connectivity index (χ2n) is 3.63. The number of nitrogen functional groups attached to an aromatic ring is 1. The highest BCUT2D eigenvalue weighted by Crippen LogP contribution is 2.07. The lowest BCUT2D eigenvalue weighted by molar-refractivity contribution is -0.0115. The summed E-state index contributed by atoms with van der Waals surface area (Å²) in [6, 6.07) is 0. The molecular weight excluding hydrogens is 226 g/mol. The van der Waals surface area contributed by atoms with Crippen molar-refractivity contribution in [3.63, 3.8) is 0 Å². The molecule has 0 radical (unpaired) electrons. The van der Waals surface area contributed by atoms with Gasteiger partial charge in [0.1, 0.15) is 6.73 Å². The number of rotatable bonds is 4. The largest absolute Gasteiger partial charge is 0.394 e. The maximum atomic E-state index is 11.5. The Hall–Kier alpha value is -1.93. The van der Waals surface area contributed by atoms with Gasteiger partial charge in [-0.2, -0.15) is 4.98 Å². The normalized spacial score (nSPS) is 13.1. The molecule has 8 heteroatoms. The molecule has 1 atom stereocenters. The molecule has 1 unspecified atom stereocenters. The third kappa shape index (κ3) is 2.27. The molecule has 0 aromatic carbocycles. The van der Waals surface area contributed by atoms with Crippen molar-refractivity contribution in [2.24, 2.45) is 0 Å². The first kappa shape index (κ1) is 11.6. The van der Waals surface area contributed by atoms with Crippen LogP contribution in [0.5, 0.6) is 0 Å². The first-order valence-electron chi connectivity index (χ1n) is 5.05. The van der Waals surface area contributed by atoms with E-state index in [9.17, 15) is 4.79 Å². The van der Waals surface area contributed by atoms with Gasteiger partial charge in [0, 0.05) is 0 Å². The number of aromatic nitrogens is 4. The van der Waals surface area contributed by atoms with Crippen LogP contribution in [0.2, 0.25) is 0 Å². The molecule has 0 saturated carbocycles. The number of imidazole rings is 1. The summed E-state index contributed by atoms with van der Waals surface area (Å²) in [5.74, 6) is 0.0273. The van der Waals surface area contributed by atoms with Crippen LogP contribution in [0.15, 0.2) is 11.1 Å². The van der Waals surface area contributed by atoms with Gasteiger partial charge < -0.3 is 15.6 Å². The molecule has 2 aromatic rings. The predicted molar refractivity (Wildman–Crippen MR) is 60.2 cm³/mol. The topological polar surface area (TPSA) is 119 Å². The van der Waals surface area contributed by atoms with Gasteiger partial charge in [0.25, 0.3) is 5.56 Å². The number of hydrogen-bond acceptors (Lipinski definition) is 6. The highest BCUT2D eigenvalue weighted by atomic mass is 16.5. The van der Waals surface area contributed by atoms with Gasteiger partial charge in [-0.05, 0) is 6.92 Å². The predicted octanol–water partition coefficient (Wildman–Crippen LogP) is -0.943. The summed E-state index contributed by atoms with van der Waals surface area (Å²) in [7, 11) is 0. The minimum Gasteiger partial charge on any atom is -0.394 e. The summed E-state index contributed by atoms with van der Waals surface area (Å²) in [5, 5.41) is 8.82. The lowest BCUT2D eigenvalue weighted by Crippen LogP contribution is -2.16. The van der Waals surface area contributed by atoms with Gasteiger partial charge in [-0.25, -0.2) is 4.98 Å². The van der Waals surface area contributed by atoms with E-state index in [0.29, 0.717) is 5.65 Å². The van der Waals surface area contributed by atoms with Crippen molar-refractivity contribution in [1.82, 2.24) is 19.5 Å². The van der Waals surface area contributed by atoms with E-state index >= 15 is 0 Å². The number of H-pyrrole nitrogens is 1. The maximum absolute atomic E-state index is 11.5. The Balaban J connectivity index is 2.33. The van der Waals surface area contributed by atoms with E-state index in [-0.39, 0.29) is 36.5 Å². The van der Waals surface area contributed by atoms with Crippen LogP contribution in [0.1, 0.15) is 6.92 Å². The van der Waals surface area contributed by atoms with E-state index in [1.807, 2.05) is 0 Å². The molecular formula is C9H13N5O3. The Kier molecular flexibility index (Phi) is 3.07. The van der Waals surface area contributed by atoms with Gasteiger partial charge in [0.05, 0.1) is 19.0 Å². The molecule has 0 spiro atoms. The summed E-state index contributed by atoms with van der Waals surface area (Å²) >= 11 is 0. The lowest BCUT2D eigenvalue weighted by Gasteiger charge is -2.10. The van der Waals surface area contributed by atoms with Gasteiger partial charge in [-0.3, -0.25) is 14.3 Å². The fourth-order valence-corrected chi connectivity index (χ4v) is 1.33. The van der Waals surface area contributed by atoms with Crippen molar-refractivity contribution in [1.29, 1.82) is 0 Å². The molecule has 0 saturated heterocycles. The Bertz CT molecular complexity index is 576. The van der Waals surface area contributed by atoms with Crippen molar-refractivity contribution in [2.45, 2.75) is 19.8 Å². The zero-order valence-corrected chi connectivity index (χ0v) is 9.25.